The van der Waals surface area contributed by atoms with Crippen LogP contribution in [0, 0.1) is 0 Å². The maximum Gasteiger partial charge on any atom is 0.338 e. The van der Waals surface area contributed by atoms with E-state index in [1.807, 2.05) is 97.1 Å². The molecule has 5 aromatic rings. The minimum absolute atomic E-state index is 0.201. The van der Waals surface area contributed by atoms with E-state index in [0.717, 1.165) is 20.5 Å². The molecule has 3 aromatic carbocycles. The van der Waals surface area contributed by atoms with Gasteiger partial charge in [0.05, 0.1) is 32.9 Å². The number of rotatable bonds is 7. The lowest BCUT2D eigenvalue weighted by molar-refractivity contribution is -0.138. The summed E-state index contributed by atoms with van der Waals surface area (Å²) in [4.78, 5) is 33.9. The summed E-state index contributed by atoms with van der Waals surface area (Å²) in [5, 5.41) is 0.688. The summed E-state index contributed by atoms with van der Waals surface area (Å²) in [6.45, 7) is 1.96. The molecule has 0 amide bonds. The number of halogens is 1. The summed E-state index contributed by atoms with van der Waals surface area (Å²) >= 11 is 6.34. The Kier molecular flexibility index (Phi) is 7.91. The number of thiazole rings is 1. The maximum atomic E-state index is 14.0. The van der Waals surface area contributed by atoms with Gasteiger partial charge in [0.2, 0.25) is 0 Å². The van der Waals surface area contributed by atoms with Crippen molar-refractivity contribution in [1.29, 1.82) is 0 Å². The van der Waals surface area contributed by atoms with Crippen molar-refractivity contribution in [3.63, 3.8) is 0 Å². The molecule has 1 aliphatic heterocycles. The monoisotopic (exact) mass is 642 g/mol. The Labute approximate surface area is 252 Å². The highest BCUT2D eigenvalue weighted by Gasteiger charge is 2.35. The van der Waals surface area contributed by atoms with Crippen LogP contribution >= 0.6 is 39.0 Å². The molecule has 0 fully saturated rings. The minimum Gasteiger partial charge on any atom is -0.463 e. The van der Waals surface area contributed by atoms with E-state index in [9.17, 15) is 9.59 Å². The average Bonchev–Trinajstić information content (AvgIpc) is 3.50. The van der Waals surface area contributed by atoms with Crippen LogP contribution in [0.5, 0.6) is 0 Å². The second-order valence-electron chi connectivity index (χ2n) is 9.04. The van der Waals surface area contributed by atoms with Gasteiger partial charge in [0.1, 0.15) is 5.76 Å². The number of carbonyl (C=O) groups is 1. The first kappa shape index (κ1) is 27.3. The van der Waals surface area contributed by atoms with Gasteiger partial charge in [-0.05, 0) is 46.6 Å². The van der Waals surface area contributed by atoms with Gasteiger partial charge in [0.15, 0.2) is 9.89 Å². The fraction of sp³-hybridized carbons (Fsp3) is 0.0938. The first-order valence-electron chi connectivity index (χ1n) is 12.9. The van der Waals surface area contributed by atoms with Crippen molar-refractivity contribution < 1.29 is 13.9 Å². The molecule has 3 heterocycles. The molecular formula is C32H23BrN2O4S2. The third-order valence-corrected chi connectivity index (χ3v) is 9.22. The number of furan rings is 1. The molecule has 0 unspecified atom stereocenters. The summed E-state index contributed by atoms with van der Waals surface area (Å²) in [6.07, 6.45) is 1.72. The third-order valence-electron chi connectivity index (χ3n) is 6.39. The van der Waals surface area contributed by atoms with Crippen LogP contribution in [0.3, 0.4) is 0 Å². The molecule has 204 valence electrons. The van der Waals surface area contributed by atoms with Gasteiger partial charge in [-0.2, -0.15) is 0 Å². The Balaban J connectivity index is 1.53. The predicted octanol–water partition coefficient (Wildman–Crippen LogP) is 6.44. The van der Waals surface area contributed by atoms with Crippen molar-refractivity contribution >= 4 is 56.8 Å². The summed E-state index contributed by atoms with van der Waals surface area (Å²) in [6, 6.07) is 30.1. The van der Waals surface area contributed by atoms with Crippen LogP contribution < -0.4 is 14.9 Å². The number of nitrogens with zero attached hydrogens (tertiary/aromatic N) is 2. The molecule has 9 heteroatoms. The molecule has 0 saturated heterocycles. The van der Waals surface area contributed by atoms with Crippen molar-refractivity contribution in [2.75, 3.05) is 6.61 Å². The van der Waals surface area contributed by atoms with E-state index < -0.39 is 12.0 Å². The molecule has 41 heavy (non-hydrogen) atoms. The minimum atomic E-state index is -0.712. The molecule has 1 atom stereocenters. The van der Waals surface area contributed by atoms with Gasteiger partial charge >= 0.3 is 5.97 Å². The molecule has 1 aliphatic rings. The van der Waals surface area contributed by atoms with Crippen LogP contribution in [-0.2, 0) is 9.53 Å². The van der Waals surface area contributed by atoms with Gasteiger partial charge in [-0.15, -0.1) is 0 Å². The highest BCUT2D eigenvalue weighted by molar-refractivity contribution is 9.10. The number of aromatic nitrogens is 1. The van der Waals surface area contributed by atoms with E-state index in [4.69, 9.17) is 14.1 Å². The van der Waals surface area contributed by atoms with Crippen LogP contribution in [-0.4, -0.2) is 17.1 Å². The van der Waals surface area contributed by atoms with E-state index in [1.54, 1.807) is 17.6 Å². The van der Waals surface area contributed by atoms with E-state index in [2.05, 4.69) is 15.9 Å². The second-order valence-corrected chi connectivity index (χ2v) is 12.0. The highest BCUT2D eigenvalue weighted by atomic mass is 79.9. The Hall–Kier alpha value is -3.92. The summed E-state index contributed by atoms with van der Waals surface area (Å²) in [5.74, 6) is 0.0282. The van der Waals surface area contributed by atoms with Crippen molar-refractivity contribution in [1.82, 2.24) is 4.57 Å². The number of esters is 1. The van der Waals surface area contributed by atoms with E-state index in [0.29, 0.717) is 31.5 Å². The molecule has 2 aromatic heterocycles. The molecule has 6 nitrogen and oxygen atoms in total. The average molecular weight is 644 g/mol. The van der Waals surface area contributed by atoms with Crippen molar-refractivity contribution in [2.45, 2.75) is 23.0 Å². The number of hydrogen-bond donors (Lipinski definition) is 0. The van der Waals surface area contributed by atoms with Gasteiger partial charge in [-0.3, -0.25) is 9.36 Å². The summed E-state index contributed by atoms with van der Waals surface area (Å²) < 4.78 is 14.4. The zero-order chi connectivity index (χ0) is 28.3. The van der Waals surface area contributed by atoms with Gasteiger partial charge in [0.25, 0.3) is 5.56 Å². The smallest absolute Gasteiger partial charge is 0.338 e. The van der Waals surface area contributed by atoms with E-state index in [-0.39, 0.29) is 12.2 Å². The summed E-state index contributed by atoms with van der Waals surface area (Å²) in [7, 11) is 0. The number of hydrogen-bond acceptors (Lipinski definition) is 7. The Bertz CT molecular complexity index is 1930. The van der Waals surface area contributed by atoms with Crippen LogP contribution in [0.15, 0.2) is 131 Å². The highest BCUT2D eigenvalue weighted by Crippen LogP contribution is 2.37. The molecule has 0 saturated carbocycles. The number of benzene rings is 3. The zero-order valence-electron chi connectivity index (χ0n) is 21.8. The summed E-state index contributed by atoms with van der Waals surface area (Å²) in [5.41, 5.74) is 2.11. The lowest BCUT2D eigenvalue weighted by atomic mass is 9.93. The first-order chi connectivity index (χ1) is 20.0. The van der Waals surface area contributed by atoms with Gasteiger partial charge in [0, 0.05) is 16.5 Å². The normalized spacial score (nSPS) is 15.0. The molecule has 0 bridgehead atoms. The molecule has 0 N–H and O–H groups in total. The number of fused-ring (bicyclic) bond motifs is 1. The second kappa shape index (κ2) is 11.9. The predicted molar refractivity (Wildman–Crippen MR) is 164 cm³/mol. The Morgan fingerprint density at radius 2 is 1.71 bits per heavy atom. The largest absolute Gasteiger partial charge is 0.463 e. The molecular weight excluding hydrogens is 620 g/mol. The topological polar surface area (TPSA) is 73.8 Å². The molecule has 6 rings (SSSR count). The van der Waals surface area contributed by atoms with E-state index in [1.165, 1.54) is 23.1 Å². The zero-order valence-corrected chi connectivity index (χ0v) is 25.0. The fourth-order valence-electron chi connectivity index (χ4n) is 4.63. The molecule has 0 aliphatic carbocycles. The van der Waals surface area contributed by atoms with Crippen molar-refractivity contribution in [2.24, 2.45) is 4.99 Å². The number of ether oxygens (including phenoxy) is 1. The number of carbonyl (C=O) groups excluding carboxylic acids is 1. The Morgan fingerprint density at radius 3 is 2.39 bits per heavy atom. The van der Waals surface area contributed by atoms with Gasteiger partial charge in [-0.25, -0.2) is 9.79 Å². The third kappa shape index (κ3) is 5.53. The SMILES string of the molecule is CCOC(=O)C1=C(c2ccccc2)N=c2s/c(=C/c3cc(Br)c(Sc4ccccc4)o3)c(=O)n2[C@@H]1c1ccccc1. The van der Waals surface area contributed by atoms with E-state index >= 15 is 0 Å². The van der Waals surface area contributed by atoms with Gasteiger partial charge in [-0.1, -0.05) is 102 Å². The van der Waals surface area contributed by atoms with Crippen LogP contribution in [0.25, 0.3) is 11.8 Å². The van der Waals surface area contributed by atoms with Crippen LogP contribution in [0.4, 0.5) is 0 Å². The standard InChI is InChI=1S/C32H23BrN2O4S2/c1-2-38-30(37)26-27(20-12-6-3-7-13-20)34-32-35(28(26)21-14-8-4-9-15-21)29(36)25(41-32)19-22-18-24(33)31(39-22)40-23-16-10-5-11-17-23/h3-19,28H,2H2,1H3/b25-19+/t28-/m1/s1. The van der Waals surface area contributed by atoms with Crippen molar-refractivity contribution in [3.05, 3.63) is 144 Å². The van der Waals surface area contributed by atoms with Crippen molar-refractivity contribution in [3.8, 4) is 0 Å². The van der Waals surface area contributed by atoms with Crippen LogP contribution in [0.1, 0.15) is 29.9 Å². The maximum absolute atomic E-state index is 14.0. The first-order valence-corrected chi connectivity index (χ1v) is 15.3. The fourth-order valence-corrected chi connectivity index (χ4v) is 6.96. The quantitative estimate of drug-likeness (QED) is 0.191. The molecule has 0 radical (unpaired) electrons. The lowest BCUT2D eigenvalue weighted by Gasteiger charge is -2.25. The van der Waals surface area contributed by atoms with Crippen LogP contribution in [0.2, 0.25) is 0 Å². The van der Waals surface area contributed by atoms with Gasteiger partial charge < -0.3 is 9.15 Å². The molecule has 0 spiro atoms. The Morgan fingerprint density at radius 1 is 1.05 bits per heavy atom. The lowest BCUT2D eigenvalue weighted by Crippen LogP contribution is -2.39.